The second kappa shape index (κ2) is 4.92. The average Bonchev–Trinajstić information content (AvgIpc) is 2.65. The number of nitrogens with one attached hydrogen (secondary N) is 1. The highest BCUT2D eigenvalue weighted by molar-refractivity contribution is 9.10. The predicted octanol–water partition coefficient (Wildman–Crippen LogP) is 5.49. The molecule has 1 unspecified atom stereocenters. The van der Waals surface area contributed by atoms with E-state index in [2.05, 4.69) is 84.5 Å². The zero-order chi connectivity index (χ0) is 14.3. The highest BCUT2D eigenvalue weighted by Gasteiger charge is 2.38. The van der Waals surface area contributed by atoms with Crippen molar-refractivity contribution in [1.82, 2.24) is 0 Å². The van der Waals surface area contributed by atoms with Crippen LogP contribution in [-0.2, 0) is 6.42 Å². The summed E-state index contributed by atoms with van der Waals surface area (Å²) < 4.78 is 1.12. The van der Waals surface area contributed by atoms with Gasteiger partial charge in [0.1, 0.15) is 0 Å². The van der Waals surface area contributed by atoms with Crippen molar-refractivity contribution in [1.29, 1.82) is 0 Å². The van der Waals surface area contributed by atoms with Crippen LogP contribution in [0, 0.1) is 12.3 Å². The van der Waals surface area contributed by atoms with Gasteiger partial charge in [0.15, 0.2) is 0 Å². The van der Waals surface area contributed by atoms with Gasteiger partial charge in [-0.15, -0.1) is 0 Å². The fourth-order valence-electron chi connectivity index (χ4n) is 3.17. The van der Waals surface area contributed by atoms with Crippen molar-refractivity contribution in [2.45, 2.75) is 33.2 Å². The molecule has 20 heavy (non-hydrogen) atoms. The van der Waals surface area contributed by atoms with Gasteiger partial charge >= 0.3 is 0 Å². The Hall–Kier alpha value is -1.28. The van der Waals surface area contributed by atoms with E-state index in [1.165, 1.54) is 22.4 Å². The third-order valence-electron chi connectivity index (χ3n) is 4.29. The summed E-state index contributed by atoms with van der Waals surface area (Å²) in [4.78, 5) is 0. The van der Waals surface area contributed by atoms with Crippen molar-refractivity contribution < 1.29 is 0 Å². The first-order valence-corrected chi connectivity index (χ1v) is 7.87. The maximum Gasteiger partial charge on any atom is 0.0570 e. The minimum atomic E-state index is 0.235. The minimum absolute atomic E-state index is 0.235. The molecule has 1 aliphatic carbocycles. The topological polar surface area (TPSA) is 12.0 Å². The molecule has 0 aromatic heterocycles. The Bertz CT molecular complexity index is 646. The number of aryl methyl sites for hydroxylation is 1. The number of hydrogen-bond acceptors (Lipinski definition) is 1. The van der Waals surface area contributed by atoms with Gasteiger partial charge in [0.05, 0.1) is 6.04 Å². The van der Waals surface area contributed by atoms with Crippen LogP contribution in [0.2, 0.25) is 0 Å². The molecule has 2 heteroatoms. The predicted molar refractivity (Wildman–Crippen MR) is 89.2 cm³/mol. The van der Waals surface area contributed by atoms with Gasteiger partial charge < -0.3 is 5.32 Å². The van der Waals surface area contributed by atoms with E-state index in [1.807, 2.05) is 0 Å². The van der Waals surface area contributed by atoms with E-state index in [-0.39, 0.29) is 5.41 Å². The van der Waals surface area contributed by atoms with Gasteiger partial charge in [-0.05, 0) is 47.6 Å². The van der Waals surface area contributed by atoms with E-state index in [1.54, 1.807) is 0 Å². The number of halogens is 1. The second-order valence-electron chi connectivity index (χ2n) is 6.40. The number of anilines is 1. The molecule has 0 heterocycles. The largest absolute Gasteiger partial charge is 0.377 e. The molecule has 1 N–H and O–H groups in total. The van der Waals surface area contributed by atoms with Crippen LogP contribution < -0.4 is 5.32 Å². The smallest absolute Gasteiger partial charge is 0.0570 e. The summed E-state index contributed by atoms with van der Waals surface area (Å²) in [5.74, 6) is 0. The quantitative estimate of drug-likeness (QED) is 0.767. The minimum Gasteiger partial charge on any atom is -0.377 e. The van der Waals surface area contributed by atoms with Gasteiger partial charge in [-0.1, -0.05) is 60.1 Å². The fraction of sp³-hybridized carbons (Fsp3) is 0.333. The highest BCUT2D eigenvalue weighted by Crippen LogP contribution is 2.47. The van der Waals surface area contributed by atoms with Crippen LogP contribution in [0.3, 0.4) is 0 Å². The Morgan fingerprint density at radius 3 is 2.70 bits per heavy atom. The molecule has 1 nitrogen and oxygen atoms in total. The summed E-state index contributed by atoms with van der Waals surface area (Å²) in [5, 5.41) is 3.77. The monoisotopic (exact) mass is 329 g/mol. The maximum absolute atomic E-state index is 3.77. The summed E-state index contributed by atoms with van der Waals surface area (Å²) in [6.07, 6.45) is 1.13. The van der Waals surface area contributed by atoms with Gasteiger partial charge in [-0.2, -0.15) is 0 Å². The number of benzene rings is 2. The molecule has 0 fully saturated rings. The Morgan fingerprint density at radius 2 is 1.90 bits per heavy atom. The SMILES string of the molecule is Cc1ccc(Br)cc1NC1c2ccccc2CC1(C)C. The molecule has 0 bridgehead atoms. The molecule has 104 valence electrons. The molecule has 1 aliphatic rings. The summed E-state index contributed by atoms with van der Waals surface area (Å²) in [5.41, 5.74) is 5.65. The lowest BCUT2D eigenvalue weighted by molar-refractivity contribution is 0.337. The Balaban J connectivity index is 1.99. The number of rotatable bonds is 2. The normalized spacial score (nSPS) is 19.7. The first-order chi connectivity index (χ1) is 9.47. The Labute approximate surface area is 129 Å². The Morgan fingerprint density at radius 1 is 1.15 bits per heavy atom. The van der Waals surface area contributed by atoms with Crippen LogP contribution in [0.4, 0.5) is 5.69 Å². The van der Waals surface area contributed by atoms with E-state index < -0.39 is 0 Å². The molecule has 0 aliphatic heterocycles. The van der Waals surface area contributed by atoms with Gasteiger partial charge in [0.25, 0.3) is 0 Å². The van der Waals surface area contributed by atoms with Crippen molar-refractivity contribution in [3.8, 4) is 0 Å². The molecule has 0 saturated heterocycles. The molecule has 3 rings (SSSR count). The van der Waals surface area contributed by atoms with E-state index >= 15 is 0 Å². The van der Waals surface area contributed by atoms with E-state index in [0.29, 0.717) is 6.04 Å². The van der Waals surface area contributed by atoms with Crippen LogP contribution in [0.5, 0.6) is 0 Å². The zero-order valence-corrected chi connectivity index (χ0v) is 13.8. The lowest BCUT2D eigenvalue weighted by Crippen LogP contribution is -2.24. The van der Waals surface area contributed by atoms with Gasteiger partial charge in [0, 0.05) is 10.2 Å². The van der Waals surface area contributed by atoms with E-state index in [0.717, 1.165) is 10.9 Å². The van der Waals surface area contributed by atoms with E-state index in [9.17, 15) is 0 Å². The molecule has 1 atom stereocenters. The van der Waals surface area contributed by atoms with E-state index in [4.69, 9.17) is 0 Å². The Kier molecular flexibility index (Phi) is 3.37. The molecule has 2 aromatic rings. The highest BCUT2D eigenvalue weighted by atomic mass is 79.9. The van der Waals surface area contributed by atoms with Crippen molar-refractivity contribution in [2.24, 2.45) is 5.41 Å². The average molecular weight is 330 g/mol. The van der Waals surface area contributed by atoms with Crippen molar-refractivity contribution in [3.05, 3.63) is 63.6 Å². The first-order valence-electron chi connectivity index (χ1n) is 7.08. The summed E-state index contributed by atoms with van der Waals surface area (Å²) >= 11 is 3.57. The molecular formula is C18H20BrN. The third-order valence-corrected chi connectivity index (χ3v) is 4.79. The molecule has 0 spiro atoms. The zero-order valence-electron chi connectivity index (χ0n) is 12.2. The molecular weight excluding hydrogens is 310 g/mol. The van der Waals surface area contributed by atoms with Crippen molar-refractivity contribution in [2.75, 3.05) is 5.32 Å². The van der Waals surface area contributed by atoms with Crippen LogP contribution in [0.25, 0.3) is 0 Å². The molecule has 0 radical (unpaired) electrons. The van der Waals surface area contributed by atoms with Gasteiger partial charge in [0.2, 0.25) is 0 Å². The van der Waals surface area contributed by atoms with Crippen LogP contribution >= 0.6 is 15.9 Å². The van der Waals surface area contributed by atoms with Crippen molar-refractivity contribution >= 4 is 21.6 Å². The lowest BCUT2D eigenvalue weighted by Gasteiger charge is -2.30. The standard InChI is InChI=1S/C18H20BrN/c1-12-8-9-14(19)10-16(12)20-17-15-7-5-4-6-13(15)11-18(17,2)3/h4-10,17,20H,11H2,1-3H3. The van der Waals surface area contributed by atoms with Crippen molar-refractivity contribution in [3.63, 3.8) is 0 Å². The first kappa shape index (κ1) is 13.7. The van der Waals surface area contributed by atoms with Crippen LogP contribution in [0.15, 0.2) is 46.9 Å². The lowest BCUT2D eigenvalue weighted by atomic mass is 9.85. The summed E-state index contributed by atoms with van der Waals surface area (Å²) in [6.45, 7) is 6.85. The molecule has 0 amide bonds. The summed E-state index contributed by atoms with van der Waals surface area (Å²) in [7, 11) is 0. The second-order valence-corrected chi connectivity index (χ2v) is 7.32. The summed E-state index contributed by atoms with van der Waals surface area (Å²) in [6, 6.07) is 15.6. The maximum atomic E-state index is 3.77. The number of fused-ring (bicyclic) bond motifs is 1. The number of hydrogen-bond donors (Lipinski definition) is 1. The third kappa shape index (κ3) is 2.37. The molecule has 0 saturated carbocycles. The van der Waals surface area contributed by atoms with Crippen LogP contribution in [0.1, 0.15) is 36.6 Å². The van der Waals surface area contributed by atoms with Crippen LogP contribution in [-0.4, -0.2) is 0 Å². The molecule has 2 aromatic carbocycles. The van der Waals surface area contributed by atoms with Gasteiger partial charge in [-0.25, -0.2) is 0 Å². The van der Waals surface area contributed by atoms with Gasteiger partial charge in [-0.3, -0.25) is 0 Å². The fourth-order valence-corrected chi connectivity index (χ4v) is 3.53.